The first-order valence-electron chi connectivity index (χ1n) is 5.38. The summed E-state index contributed by atoms with van der Waals surface area (Å²) in [4.78, 5) is 4.70. The molecule has 0 unspecified atom stereocenters. The van der Waals surface area contributed by atoms with Gasteiger partial charge in [0.15, 0.2) is 0 Å². The molecular weight excluding hydrogens is 174 g/mol. The molecule has 3 nitrogen and oxygen atoms in total. The summed E-state index contributed by atoms with van der Waals surface area (Å²) in [5, 5.41) is 3.40. The predicted molar refractivity (Wildman–Crippen MR) is 60.3 cm³/mol. The third kappa shape index (κ3) is 4.61. The maximum atomic E-state index is 5.25. The van der Waals surface area contributed by atoms with Gasteiger partial charge in [0.2, 0.25) is 0 Å². The van der Waals surface area contributed by atoms with Crippen molar-refractivity contribution in [1.29, 1.82) is 0 Å². The van der Waals surface area contributed by atoms with E-state index in [1.54, 1.807) is 0 Å². The van der Waals surface area contributed by atoms with Crippen LogP contribution >= 0.6 is 0 Å². The Morgan fingerprint density at radius 2 is 2.29 bits per heavy atom. The van der Waals surface area contributed by atoms with Gasteiger partial charge in [-0.15, -0.1) is 6.42 Å². The summed E-state index contributed by atoms with van der Waals surface area (Å²) < 4.78 is 0. The Hall–Kier alpha value is -0.560. The van der Waals surface area contributed by atoms with Gasteiger partial charge in [-0.05, 0) is 26.6 Å². The van der Waals surface area contributed by atoms with E-state index in [1.807, 2.05) is 0 Å². The number of nitrogens with zero attached hydrogens (tertiary/aromatic N) is 2. The van der Waals surface area contributed by atoms with E-state index in [9.17, 15) is 0 Å². The molecule has 1 fully saturated rings. The van der Waals surface area contributed by atoms with Crippen molar-refractivity contribution >= 4 is 0 Å². The lowest BCUT2D eigenvalue weighted by molar-refractivity contribution is 0.246. The van der Waals surface area contributed by atoms with Crippen LogP contribution in [0.15, 0.2) is 0 Å². The predicted octanol–water partition coefficient (Wildman–Crippen LogP) is -0.153. The molecule has 3 heteroatoms. The Kier molecular flexibility index (Phi) is 5.62. The van der Waals surface area contributed by atoms with Gasteiger partial charge in [0.05, 0.1) is 6.54 Å². The van der Waals surface area contributed by atoms with Crippen molar-refractivity contribution in [2.45, 2.75) is 6.42 Å². The van der Waals surface area contributed by atoms with Crippen molar-refractivity contribution in [3.8, 4) is 12.3 Å². The second kappa shape index (κ2) is 6.83. The molecule has 1 aliphatic heterocycles. The topological polar surface area (TPSA) is 18.5 Å². The SMILES string of the molecule is C#CCN(C)CCN1CCCNCC1. The summed E-state index contributed by atoms with van der Waals surface area (Å²) >= 11 is 0. The fourth-order valence-electron chi connectivity index (χ4n) is 1.67. The molecule has 80 valence electrons. The molecule has 0 radical (unpaired) electrons. The summed E-state index contributed by atoms with van der Waals surface area (Å²) in [5.74, 6) is 2.66. The minimum Gasteiger partial charge on any atom is -0.315 e. The first-order valence-corrected chi connectivity index (χ1v) is 5.38. The van der Waals surface area contributed by atoms with Crippen LogP contribution in [0.4, 0.5) is 0 Å². The van der Waals surface area contributed by atoms with E-state index in [1.165, 1.54) is 19.5 Å². The highest BCUT2D eigenvalue weighted by Crippen LogP contribution is 1.95. The van der Waals surface area contributed by atoms with Crippen LogP contribution in [0.5, 0.6) is 0 Å². The zero-order chi connectivity index (χ0) is 10.2. The van der Waals surface area contributed by atoms with Crippen molar-refractivity contribution in [3.63, 3.8) is 0 Å². The van der Waals surface area contributed by atoms with Crippen LogP contribution in [0.1, 0.15) is 6.42 Å². The van der Waals surface area contributed by atoms with Gasteiger partial charge in [-0.2, -0.15) is 0 Å². The van der Waals surface area contributed by atoms with Gasteiger partial charge in [0, 0.05) is 26.2 Å². The van der Waals surface area contributed by atoms with Crippen molar-refractivity contribution in [1.82, 2.24) is 15.1 Å². The van der Waals surface area contributed by atoms with E-state index in [2.05, 4.69) is 28.1 Å². The standard InChI is InChI=1S/C11H21N3/c1-3-7-13(2)10-11-14-8-4-5-12-6-9-14/h1,12H,4-11H2,2H3. The number of hydrogen-bond acceptors (Lipinski definition) is 3. The molecule has 0 aromatic heterocycles. The number of terminal acetylenes is 1. The zero-order valence-electron chi connectivity index (χ0n) is 9.13. The minimum atomic E-state index is 0.756. The van der Waals surface area contributed by atoms with Crippen molar-refractivity contribution < 1.29 is 0 Å². The molecule has 0 aromatic carbocycles. The van der Waals surface area contributed by atoms with Gasteiger partial charge < -0.3 is 10.2 Å². The maximum Gasteiger partial charge on any atom is 0.0596 e. The van der Waals surface area contributed by atoms with Gasteiger partial charge in [-0.3, -0.25) is 4.90 Å². The summed E-state index contributed by atoms with van der Waals surface area (Å²) in [6.07, 6.45) is 6.51. The van der Waals surface area contributed by atoms with E-state index in [0.29, 0.717) is 0 Å². The van der Waals surface area contributed by atoms with Gasteiger partial charge in [0.25, 0.3) is 0 Å². The Morgan fingerprint density at radius 3 is 3.07 bits per heavy atom. The van der Waals surface area contributed by atoms with E-state index in [0.717, 1.165) is 32.7 Å². The van der Waals surface area contributed by atoms with Crippen LogP contribution < -0.4 is 5.32 Å². The largest absolute Gasteiger partial charge is 0.315 e. The molecule has 1 N–H and O–H groups in total. The third-order valence-electron chi connectivity index (χ3n) is 2.59. The van der Waals surface area contributed by atoms with Gasteiger partial charge in [-0.1, -0.05) is 5.92 Å². The summed E-state index contributed by atoms with van der Waals surface area (Å²) in [6.45, 7) is 7.65. The number of hydrogen-bond donors (Lipinski definition) is 1. The van der Waals surface area contributed by atoms with Gasteiger partial charge >= 0.3 is 0 Å². The molecule has 0 bridgehead atoms. The quantitative estimate of drug-likeness (QED) is 0.629. The molecule has 0 saturated carbocycles. The number of likely N-dealkylation sites (N-methyl/N-ethyl adjacent to an activating group) is 1. The van der Waals surface area contributed by atoms with Gasteiger partial charge in [0.1, 0.15) is 0 Å². The third-order valence-corrected chi connectivity index (χ3v) is 2.59. The average Bonchev–Trinajstić information content (AvgIpc) is 2.43. The monoisotopic (exact) mass is 195 g/mol. The minimum absolute atomic E-state index is 0.756. The number of nitrogens with one attached hydrogen (secondary N) is 1. The van der Waals surface area contributed by atoms with Crippen molar-refractivity contribution in [2.75, 3.05) is 52.9 Å². The average molecular weight is 195 g/mol. The molecule has 1 rings (SSSR count). The molecule has 0 amide bonds. The first-order chi connectivity index (χ1) is 6.83. The second-order valence-electron chi connectivity index (χ2n) is 3.89. The summed E-state index contributed by atoms with van der Waals surface area (Å²) in [6, 6.07) is 0. The highest BCUT2D eigenvalue weighted by atomic mass is 15.2. The molecule has 14 heavy (non-hydrogen) atoms. The fourth-order valence-corrected chi connectivity index (χ4v) is 1.67. The van der Waals surface area contributed by atoms with Crippen molar-refractivity contribution in [2.24, 2.45) is 0 Å². The van der Waals surface area contributed by atoms with Crippen LogP contribution in [0.3, 0.4) is 0 Å². The molecule has 0 aromatic rings. The Labute approximate surface area is 87.5 Å². The van der Waals surface area contributed by atoms with E-state index < -0.39 is 0 Å². The lowest BCUT2D eigenvalue weighted by atomic mass is 10.4. The normalized spacial score (nSPS) is 19.2. The van der Waals surface area contributed by atoms with Crippen LogP contribution in [-0.4, -0.2) is 62.7 Å². The van der Waals surface area contributed by atoms with Crippen LogP contribution in [0, 0.1) is 12.3 Å². The fraction of sp³-hybridized carbons (Fsp3) is 0.818. The Bertz CT molecular complexity index is 177. The molecule has 1 heterocycles. The molecule has 0 spiro atoms. The van der Waals surface area contributed by atoms with E-state index >= 15 is 0 Å². The zero-order valence-corrected chi connectivity index (χ0v) is 9.13. The van der Waals surface area contributed by atoms with Gasteiger partial charge in [-0.25, -0.2) is 0 Å². The van der Waals surface area contributed by atoms with E-state index in [4.69, 9.17) is 6.42 Å². The van der Waals surface area contributed by atoms with Crippen LogP contribution in [0.2, 0.25) is 0 Å². The molecule has 0 aliphatic carbocycles. The molecule has 0 atom stereocenters. The lowest BCUT2D eigenvalue weighted by Crippen LogP contribution is -2.35. The van der Waals surface area contributed by atoms with Crippen LogP contribution in [-0.2, 0) is 0 Å². The van der Waals surface area contributed by atoms with Crippen LogP contribution in [0.25, 0.3) is 0 Å². The molecule has 1 saturated heterocycles. The lowest BCUT2D eigenvalue weighted by Gasteiger charge is -2.22. The highest BCUT2D eigenvalue weighted by molar-refractivity contribution is 4.87. The van der Waals surface area contributed by atoms with Crippen molar-refractivity contribution in [3.05, 3.63) is 0 Å². The molecular formula is C11H21N3. The first kappa shape index (κ1) is 11.5. The Balaban J connectivity index is 2.13. The second-order valence-corrected chi connectivity index (χ2v) is 3.89. The number of rotatable bonds is 4. The highest BCUT2D eigenvalue weighted by Gasteiger charge is 2.08. The summed E-state index contributed by atoms with van der Waals surface area (Å²) in [5.41, 5.74) is 0. The van der Waals surface area contributed by atoms with E-state index in [-0.39, 0.29) is 0 Å². The summed E-state index contributed by atoms with van der Waals surface area (Å²) in [7, 11) is 2.08. The Morgan fingerprint density at radius 1 is 1.43 bits per heavy atom. The maximum absolute atomic E-state index is 5.25. The smallest absolute Gasteiger partial charge is 0.0596 e. The molecule has 1 aliphatic rings.